The zero-order valence-electron chi connectivity index (χ0n) is 11.2. The SMILES string of the molecule is NC(CCC1CCCO1)Cc1csc2ccccc12. The smallest absolute Gasteiger partial charge is 0.0576 e. The molecule has 2 aromatic rings. The monoisotopic (exact) mass is 275 g/mol. The number of benzene rings is 1. The van der Waals surface area contributed by atoms with Crippen molar-refractivity contribution in [2.75, 3.05) is 6.61 Å². The molecule has 0 amide bonds. The Labute approximate surface area is 118 Å². The summed E-state index contributed by atoms with van der Waals surface area (Å²) in [4.78, 5) is 0. The van der Waals surface area contributed by atoms with Crippen molar-refractivity contribution < 1.29 is 4.74 Å². The van der Waals surface area contributed by atoms with Crippen LogP contribution < -0.4 is 5.73 Å². The average molecular weight is 275 g/mol. The van der Waals surface area contributed by atoms with Crippen molar-refractivity contribution in [2.45, 2.75) is 44.2 Å². The Balaban J connectivity index is 1.57. The average Bonchev–Trinajstić information content (AvgIpc) is 3.07. The van der Waals surface area contributed by atoms with Crippen LogP contribution in [0.5, 0.6) is 0 Å². The van der Waals surface area contributed by atoms with E-state index in [4.69, 9.17) is 10.5 Å². The molecular weight excluding hydrogens is 254 g/mol. The van der Waals surface area contributed by atoms with Gasteiger partial charge in [0.05, 0.1) is 6.10 Å². The molecule has 0 radical (unpaired) electrons. The second-order valence-electron chi connectivity index (χ2n) is 5.43. The van der Waals surface area contributed by atoms with Gasteiger partial charge in [-0.25, -0.2) is 0 Å². The zero-order valence-corrected chi connectivity index (χ0v) is 12.0. The first kappa shape index (κ1) is 13.1. The number of nitrogens with two attached hydrogens (primary N) is 1. The van der Waals surface area contributed by atoms with E-state index in [0.717, 1.165) is 25.9 Å². The molecule has 1 aromatic heterocycles. The van der Waals surface area contributed by atoms with Crippen LogP contribution in [0.25, 0.3) is 10.1 Å². The quantitative estimate of drug-likeness (QED) is 0.902. The van der Waals surface area contributed by atoms with Crippen LogP contribution in [-0.2, 0) is 11.2 Å². The van der Waals surface area contributed by atoms with E-state index in [1.54, 1.807) is 0 Å². The van der Waals surface area contributed by atoms with Crippen molar-refractivity contribution in [3.05, 3.63) is 35.2 Å². The molecule has 1 saturated heterocycles. The van der Waals surface area contributed by atoms with Crippen LogP contribution in [0.2, 0.25) is 0 Å². The molecule has 2 atom stereocenters. The molecule has 1 aliphatic heterocycles. The second kappa shape index (κ2) is 6.04. The Hall–Kier alpha value is -0.900. The highest BCUT2D eigenvalue weighted by molar-refractivity contribution is 7.17. The number of ether oxygens (including phenoxy) is 1. The van der Waals surface area contributed by atoms with Crippen LogP contribution >= 0.6 is 11.3 Å². The fraction of sp³-hybridized carbons (Fsp3) is 0.500. The van der Waals surface area contributed by atoms with Gasteiger partial charge >= 0.3 is 0 Å². The van der Waals surface area contributed by atoms with Crippen molar-refractivity contribution in [2.24, 2.45) is 5.73 Å². The summed E-state index contributed by atoms with van der Waals surface area (Å²) in [6, 6.07) is 8.84. The van der Waals surface area contributed by atoms with Gasteiger partial charge in [-0.3, -0.25) is 0 Å². The molecule has 19 heavy (non-hydrogen) atoms. The van der Waals surface area contributed by atoms with Gasteiger partial charge in [-0.15, -0.1) is 11.3 Å². The van der Waals surface area contributed by atoms with Crippen LogP contribution in [0.3, 0.4) is 0 Å². The first-order valence-corrected chi connectivity index (χ1v) is 8.03. The zero-order chi connectivity index (χ0) is 13.1. The Morgan fingerprint density at radius 3 is 3.11 bits per heavy atom. The highest BCUT2D eigenvalue weighted by Crippen LogP contribution is 2.27. The van der Waals surface area contributed by atoms with E-state index in [-0.39, 0.29) is 6.04 Å². The molecule has 0 aliphatic carbocycles. The molecule has 2 heterocycles. The van der Waals surface area contributed by atoms with Crippen LogP contribution in [0.1, 0.15) is 31.2 Å². The summed E-state index contributed by atoms with van der Waals surface area (Å²) in [5, 5.41) is 3.64. The molecule has 102 valence electrons. The van der Waals surface area contributed by atoms with Crippen molar-refractivity contribution in [3.63, 3.8) is 0 Å². The Kier molecular flexibility index (Phi) is 4.16. The van der Waals surface area contributed by atoms with Gasteiger partial charge < -0.3 is 10.5 Å². The van der Waals surface area contributed by atoms with Gasteiger partial charge in [0, 0.05) is 17.3 Å². The molecule has 0 saturated carbocycles. The molecule has 2 nitrogen and oxygen atoms in total. The minimum Gasteiger partial charge on any atom is -0.378 e. The van der Waals surface area contributed by atoms with Crippen molar-refractivity contribution >= 4 is 21.4 Å². The van der Waals surface area contributed by atoms with E-state index in [1.165, 1.54) is 28.5 Å². The molecule has 1 fully saturated rings. The molecule has 0 spiro atoms. The van der Waals surface area contributed by atoms with E-state index in [1.807, 2.05) is 11.3 Å². The third-order valence-corrected chi connectivity index (χ3v) is 4.94. The molecule has 2 N–H and O–H groups in total. The van der Waals surface area contributed by atoms with Gasteiger partial charge in [0.2, 0.25) is 0 Å². The lowest BCUT2D eigenvalue weighted by Crippen LogP contribution is -2.24. The maximum absolute atomic E-state index is 6.28. The summed E-state index contributed by atoms with van der Waals surface area (Å²) in [6.45, 7) is 0.940. The van der Waals surface area contributed by atoms with E-state index < -0.39 is 0 Å². The predicted molar refractivity (Wildman–Crippen MR) is 81.7 cm³/mol. The van der Waals surface area contributed by atoms with Gasteiger partial charge in [0.1, 0.15) is 0 Å². The fourth-order valence-corrected chi connectivity index (χ4v) is 3.82. The topological polar surface area (TPSA) is 35.2 Å². The van der Waals surface area contributed by atoms with Crippen LogP contribution in [0.15, 0.2) is 29.6 Å². The summed E-state index contributed by atoms with van der Waals surface area (Å²) < 4.78 is 7.02. The van der Waals surface area contributed by atoms with Crippen LogP contribution in [0.4, 0.5) is 0 Å². The second-order valence-corrected chi connectivity index (χ2v) is 6.34. The minimum atomic E-state index is 0.252. The minimum absolute atomic E-state index is 0.252. The number of hydrogen-bond donors (Lipinski definition) is 1. The van der Waals surface area contributed by atoms with Crippen molar-refractivity contribution in [3.8, 4) is 0 Å². The van der Waals surface area contributed by atoms with E-state index in [9.17, 15) is 0 Å². The molecule has 3 heteroatoms. The highest BCUT2D eigenvalue weighted by Gasteiger charge is 2.17. The fourth-order valence-electron chi connectivity index (χ4n) is 2.85. The lowest BCUT2D eigenvalue weighted by Gasteiger charge is -2.14. The standard InChI is InChI=1S/C16H21NOS/c17-13(7-8-14-4-3-9-18-14)10-12-11-19-16-6-2-1-5-15(12)16/h1-2,5-6,11,13-14H,3-4,7-10,17H2. The summed E-state index contributed by atoms with van der Waals surface area (Å²) in [5.74, 6) is 0. The van der Waals surface area contributed by atoms with Crippen molar-refractivity contribution in [1.82, 2.24) is 0 Å². The predicted octanol–water partition coefficient (Wildman–Crippen LogP) is 3.73. The molecular formula is C16H21NOS. The molecule has 3 rings (SSSR count). The highest BCUT2D eigenvalue weighted by atomic mass is 32.1. The number of thiophene rings is 1. The number of hydrogen-bond acceptors (Lipinski definition) is 3. The lowest BCUT2D eigenvalue weighted by atomic mass is 10.00. The van der Waals surface area contributed by atoms with Gasteiger partial charge in [-0.1, -0.05) is 18.2 Å². The van der Waals surface area contributed by atoms with Gasteiger partial charge in [-0.2, -0.15) is 0 Å². The number of rotatable bonds is 5. The summed E-state index contributed by atoms with van der Waals surface area (Å²) in [7, 11) is 0. The van der Waals surface area contributed by atoms with E-state index in [2.05, 4.69) is 29.6 Å². The Morgan fingerprint density at radius 1 is 1.37 bits per heavy atom. The Morgan fingerprint density at radius 2 is 2.26 bits per heavy atom. The maximum Gasteiger partial charge on any atom is 0.0576 e. The Bertz CT molecular complexity index is 530. The van der Waals surface area contributed by atoms with Crippen LogP contribution in [0, 0.1) is 0 Å². The first-order chi connectivity index (χ1) is 9.33. The largest absolute Gasteiger partial charge is 0.378 e. The maximum atomic E-state index is 6.28. The normalized spacial score (nSPS) is 21.0. The van der Waals surface area contributed by atoms with Gasteiger partial charge in [0.25, 0.3) is 0 Å². The molecule has 0 bridgehead atoms. The van der Waals surface area contributed by atoms with Crippen LogP contribution in [-0.4, -0.2) is 18.8 Å². The molecule has 2 unspecified atom stereocenters. The van der Waals surface area contributed by atoms with E-state index >= 15 is 0 Å². The summed E-state index contributed by atoms with van der Waals surface area (Å²) in [6.07, 6.45) is 6.06. The van der Waals surface area contributed by atoms with Crippen molar-refractivity contribution in [1.29, 1.82) is 0 Å². The third-order valence-electron chi connectivity index (χ3n) is 3.93. The van der Waals surface area contributed by atoms with Gasteiger partial charge in [0.15, 0.2) is 0 Å². The summed E-state index contributed by atoms with van der Waals surface area (Å²) in [5.41, 5.74) is 7.69. The van der Waals surface area contributed by atoms with Gasteiger partial charge in [-0.05, 0) is 54.5 Å². The first-order valence-electron chi connectivity index (χ1n) is 7.15. The third kappa shape index (κ3) is 3.16. The molecule has 1 aromatic carbocycles. The van der Waals surface area contributed by atoms with E-state index in [0.29, 0.717) is 6.10 Å². The number of fused-ring (bicyclic) bond motifs is 1. The lowest BCUT2D eigenvalue weighted by molar-refractivity contribution is 0.101. The summed E-state index contributed by atoms with van der Waals surface area (Å²) >= 11 is 1.82. The molecule has 1 aliphatic rings.